The zero-order valence-electron chi connectivity index (χ0n) is 11.5. The third-order valence-electron chi connectivity index (χ3n) is 2.97. The number of hydrogen-bond donors (Lipinski definition) is 1. The van der Waals surface area contributed by atoms with Crippen molar-refractivity contribution >= 4 is 28.9 Å². The van der Waals surface area contributed by atoms with E-state index < -0.39 is 5.82 Å². The Morgan fingerprint density at radius 3 is 2.38 bits per heavy atom. The van der Waals surface area contributed by atoms with Gasteiger partial charge in [0.15, 0.2) is 11.5 Å². The molecule has 2 rings (SSSR count). The summed E-state index contributed by atoms with van der Waals surface area (Å²) in [7, 11) is 3.06. The van der Waals surface area contributed by atoms with E-state index in [-0.39, 0.29) is 11.6 Å². The van der Waals surface area contributed by atoms with Crippen molar-refractivity contribution in [2.24, 2.45) is 0 Å². The Kier molecular flexibility index (Phi) is 5.15. The number of methoxy groups -OCH3 is 2. The van der Waals surface area contributed by atoms with Crippen LogP contribution in [0.1, 0.15) is 5.56 Å². The molecule has 0 aliphatic carbocycles. The molecule has 0 bridgehead atoms. The first-order valence-electron chi connectivity index (χ1n) is 6.15. The summed E-state index contributed by atoms with van der Waals surface area (Å²) in [5, 5.41) is 3.60. The zero-order valence-corrected chi connectivity index (χ0v) is 13.1. The van der Waals surface area contributed by atoms with E-state index in [1.54, 1.807) is 24.3 Å². The average molecular weight is 330 g/mol. The number of nitrogens with one attached hydrogen (secondary N) is 1. The summed E-state index contributed by atoms with van der Waals surface area (Å²) in [6.07, 6.45) is 0. The monoisotopic (exact) mass is 329 g/mol. The van der Waals surface area contributed by atoms with Crippen LogP contribution in [-0.2, 0) is 6.54 Å². The highest BCUT2D eigenvalue weighted by Crippen LogP contribution is 2.36. The molecule has 0 radical (unpaired) electrons. The maximum absolute atomic E-state index is 13.8. The minimum absolute atomic E-state index is 0.0905. The van der Waals surface area contributed by atoms with Crippen molar-refractivity contribution in [1.82, 2.24) is 0 Å². The lowest BCUT2D eigenvalue weighted by molar-refractivity contribution is 0.355. The third-order valence-corrected chi connectivity index (χ3v) is 3.58. The topological polar surface area (TPSA) is 30.5 Å². The average Bonchev–Trinajstić information content (AvgIpc) is 2.49. The molecule has 1 N–H and O–H groups in total. The number of benzene rings is 2. The van der Waals surface area contributed by atoms with Gasteiger partial charge in [-0.05, 0) is 6.07 Å². The van der Waals surface area contributed by atoms with Gasteiger partial charge in [-0.2, -0.15) is 0 Å². The fraction of sp³-hybridized carbons (Fsp3) is 0.200. The van der Waals surface area contributed by atoms with Gasteiger partial charge in [-0.15, -0.1) is 0 Å². The Hall–Kier alpha value is -1.65. The van der Waals surface area contributed by atoms with Crippen molar-refractivity contribution < 1.29 is 13.9 Å². The molecule has 0 unspecified atom stereocenters. The van der Waals surface area contributed by atoms with Gasteiger partial charge in [-0.25, -0.2) is 4.39 Å². The number of hydrogen-bond acceptors (Lipinski definition) is 3. The van der Waals surface area contributed by atoms with Crippen LogP contribution in [0.15, 0.2) is 30.3 Å². The van der Waals surface area contributed by atoms with Gasteiger partial charge in [0.1, 0.15) is 5.82 Å². The lowest BCUT2D eigenvalue weighted by Crippen LogP contribution is -2.03. The molecule has 0 spiro atoms. The maximum Gasteiger partial charge on any atom is 0.162 e. The SMILES string of the molecule is COc1cc(Cl)c(NCc2cccc(Cl)c2F)cc1OC. The molecule has 2 aromatic carbocycles. The van der Waals surface area contributed by atoms with Crippen LogP contribution in [0, 0.1) is 5.82 Å². The van der Waals surface area contributed by atoms with Crippen LogP contribution >= 0.6 is 23.2 Å². The maximum atomic E-state index is 13.8. The Balaban J connectivity index is 2.22. The second-order valence-electron chi connectivity index (χ2n) is 4.25. The molecule has 21 heavy (non-hydrogen) atoms. The van der Waals surface area contributed by atoms with Crippen LogP contribution in [0.3, 0.4) is 0 Å². The van der Waals surface area contributed by atoms with Gasteiger partial charge in [0.25, 0.3) is 0 Å². The van der Waals surface area contributed by atoms with Gasteiger partial charge in [0, 0.05) is 24.2 Å². The Bertz CT molecular complexity index is 650. The molecule has 6 heteroatoms. The molecule has 0 fully saturated rings. The number of ether oxygens (including phenoxy) is 2. The Morgan fingerprint density at radius 1 is 1.05 bits per heavy atom. The van der Waals surface area contributed by atoms with E-state index in [1.807, 2.05) is 0 Å². The van der Waals surface area contributed by atoms with Crippen molar-refractivity contribution in [2.75, 3.05) is 19.5 Å². The van der Waals surface area contributed by atoms with E-state index in [0.29, 0.717) is 27.8 Å². The third kappa shape index (κ3) is 3.52. The highest BCUT2D eigenvalue weighted by Gasteiger charge is 2.11. The molecule has 0 aliphatic heterocycles. The lowest BCUT2D eigenvalue weighted by Gasteiger charge is -2.13. The summed E-state index contributed by atoms with van der Waals surface area (Å²) in [6.45, 7) is 0.252. The normalized spacial score (nSPS) is 10.3. The molecule has 0 amide bonds. The van der Waals surface area contributed by atoms with Crippen molar-refractivity contribution in [3.8, 4) is 11.5 Å². The first kappa shape index (κ1) is 15.7. The summed E-state index contributed by atoms with van der Waals surface area (Å²) >= 11 is 11.9. The Morgan fingerprint density at radius 2 is 1.71 bits per heavy atom. The standard InChI is InChI=1S/C15H14Cl2FNO2/c1-20-13-6-11(17)12(7-14(13)21-2)19-8-9-4-3-5-10(16)15(9)18/h3-7,19H,8H2,1-2H3. The van der Waals surface area contributed by atoms with E-state index in [2.05, 4.69) is 5.32 Å². The first-order valence-corrected chi connectivity index (χ1v) is 6.90. The molecule has 0 aliphatic rings. The van der Waals surface area contributed by atoms with Gasteiger partial charge in [0.05, 0.1) is 30.0 Å². The quantitative estimate of drug-likeness (QED) is 0.857. The predicted molar refractivity (Wildman–Crippen MR) is 83.3 cm³/mol. The molecule has 0 saturated heterocycles. The molecule has 0 aromatic heterocycles. The van der Waals surface area contributed by atoms with E-state index >= 15 is 0 Å². The van der Waals surface area contributed by atoms with Crippen LogP contribution in [-0.4, -0.2) is 14.2 Å². The van der Waals surface area contributed by atoms with Gasteiger partial charge in [0.2, 0.25) is 0 Å². The van der Waals surface area contributed by atoms with E-state index in [1.165, 1.54) is 20.3 Å². The molecule has 3 nitrogen and oxygen atoms in total. The first-order chi connectivity index (χ1) is 10.1. The van der Waals surface area contributed by atoms with Gasteiger partial charge in [-0.3, -0.25) is 0 Å². The van der Waals surface area contributed by atoms with Gasteiger partial charge >= 0.3 is 0 Å². The van der Waals surface area contributed by atoms with E-state index in [4.69, 9.17) is 32.7 Å². The smallest absolute Gasteiger partial charge is 0.162 e. The fourth-order valence-corrected chi connectivity index (χ4v) is 2.28. The second kappa shape index (κ2) is 6.87. The summed E-state index contributed by atoms with van der Waals surface area (Å²) in [5.41, 5.74) is 1.07. The van der Waals surface area contributed by atoms with Crippen LogP contribution < -0.4 is 14.8 Å². The highest BCUT2D eigenvalue weighted by atomic mass is 35.5. The number of rotatable bonds is 5. The van der Waals surface area contributed by atoms with Crippen molar-refractivity contribution in [2.45, 2.75) is 6.54 Å². The molecule has 0 saturated carbocycles. The van der Waals surface area contributed by atoms with E-state index in [9.17, 15) is 4.39 Å². The summed E-state index contributed by atoms with van der Waals surface area (Å²) in [5.74, 6) is 0.626. The molecule has 2 aromatic rings. The molecule has 112 valence electrons. The number of anilines is 1. The van der Waals surface area contributed by atoms with Gasteiger partial charge in [-0.1, -0.05) is 35.3 Å². The molecular formula is C15H14Cl2FNO2. The second-order valence-corrected chi connectivity index (χ2v) is 5.07. The van der Waals surface area contributed by atoms with Crippen molar-refractivity contribution in [3.63, 3.8) is 0 Å². The lowest BCUT2D eigenvalue weighted by atomic mass is 10.2. The van der Waals surface area contributed by atoms with Crippen LogP contribution in [0.25, 0.3) is 0 Å². The number of halogens is 3. The summed E-state index contributed by atoms with van der Waals surface area (Å²) < 4.78 is 24.2. The Labute approximate surface area is 132 Å². The predicted octanol–water partition coefficient (Wildman–Crippen LogP) is 4.76. The highest BCUT2D eigenvalue weighted by molar-refractivity contribution is 6.33. The van der Waals surface area contributed by atoms with Crippen LogP contribution in [0.5, 0.6) is 11.5 Å². The minimum atomic E-state index is -0.441. The summed E-state index contributed by atoms with van der Waals surface area (Å²) in [6, 6.07) is 8.19. The fourth-order valence-electron chi connectivity index (χ4n) is 1.87. The van der Waals surface area contributed by atoms with E-state index in [0.717, 1.165) is 0 Å². The largest absolute Gasteiger partial charge is 0.493 e. The molecule has 0 atom stereocenters. The zero-order chi connectivity index (χ0) is 15.4. The summed E-state index contributed by atoms with van der Waals surface area (Å²) in [4.78, 5) is 0. The molecule has 0 heterocycles. The van der Waals surface area contributed by atoms with Crippen molar-refractivity contribution in [3.05, 3.63) is 51.8 Å². The minimum Gasteiger partial charge on any atom is -0.493 e. The van der Waals surface area contributed by atoms with Crippen LogP contribution in [0.2, 0.25) is 10.0 Å². The van der Waals surface area contributed by atoms with Gasteiger partial charge < -0.3 is 14.8 Å². The van der Waals surface area contributed by atoms with Crippen molar-refractivity contribution in [1.29, 1.82) is 0 Å². The van der Waals surface area contributed by atoms with Crippen LogP contribution in [0.4, 0.5) is 10.1 Å². The molecular weight excluding hydrogens is 316 g/mol.